The highest BCUT2D eigenvalue weighted by Crippen LogP contribution is 2.59. The molecule has 1 fully saturated rings. The largest absolute Gasteiger partial charge is 0.276 e. The standard InChI is InChI=1S/C23H28Cl2N2O/c1-14(2)19-17(24)12-16-15(20(19)25)6-7-18-22(16,3)8-5-9-23(18,4)21(28)27-11-10-26-13-27/h10-14,18H,5-9H2,1-4H3. The molecule has 0 N–H and O–H groups in total. The van der Waals surface area contributed by atoms with Crippen LogP contribution in [-0.2, 0) is 11.8 Å². The zero-order chi connectivity index (χ0) is 20.3. The lowest BCUT2D eigenvalue weighted by Crippen LogP contribution is -2.53. The summed E-state index contributed by atoms with van der Waals surface area (Å²) in [4.78, 5) is 17.5. The van der Waals surface area contributed by atoms with Crippen LogP contribution in [0.3, 0.4) is 0 Å². The maximum Gasteiger partial charge on any atom is 0.238 e. The Kier molecular flexibility index (Phi) is 4.91. The lowest BCUT2D eigenvalue weighted by Gasteiger charge is -2.54. The van der Waals surface area contributed by atoms with Gasteiger partial charge in [0, 0.05) is 22.4 Å². The molecule has 0 bridgehead atoms. The smallest absolute Gasteiger partial charge is 0.238 e. The van der Waals surface area contributed by atoms with E-state index in [1.54, 1.807) is 23.3 Å². The quantitative estimate of drug-likeness (QED) is 0.545. The number of rotatable bonds is 2. The molecule has 2 aliphatic carbocycles. The Morgan fingerprint density at radius 3 is 2.68 bits per heavy atom. The summed E-state index contributed by atoms with van der Waals surface area (Å²) in [6.45, 7) is 8.73. The molecule has 1 aromatic heterocycles. The van der Waals surface area contributed by atoms with Gasteiger partial charge in [0.25, 0.3) is 0 Å². The van der Waals surface area contributed by atoms with Crippen molar-refractivity contribution in [3.63, 3.8) is 0 Å². The number of fused-ring (bicyclic) bond motifs is 3. The number of aromatic nitrogens is 2. The van der Waals surface area contributed by atoms with Crippen molar-refractivity contribution in [3.05, 3.63) is 51.5 Å². The topological polar surface area (TPSA) is 34.9 Å². The molecule has 3 atom stereocenters. The maximum absolute atomic E-state index is 13.4. The zero-order valence-electron chi connectivity index (χ0n) is 17.1. The Bertz CT molecular complexity index is 921. The first kappa shape index (κ1) is 20.0. The Hall–Kier alpha value is -1.32. The number of nitrogens with zero attached hydrogens (tertiary/aromatic N) is 2. The van der Waals surface area contributed by atoms with E-state index in [2.05, 4.69) is 38.7 Å². The van der Waals surface area contributed by atoms with Crippen LogP contribution < -0.4 is 0 Å². The highest BCUT2D eigenvalue weighted by atomic mass is 35.5. The van der Waals surface area contributed by atoms with Gasteiger partial charge in [-0.05, 0) is 65.7 Å². The second-order valence-electron chi connectivity index (χ2n) is 9.32. The summed E-state index contributed by atoms with van der Waals surface area (Å²) in [7, 11) is 0. The van der Waals surface area contributed by atoms with Crippen molar-refractivity contribution in [1.82, 2.24) is 9.55 Å². The number of halogens is 2. The van der Waals surface area contributed by atoms with Crippen LogP contribution in [-0.4, -0.2) is 15.5 Å². The van der Waals surface area contributed by atoms with Crippen LogP contribution in [0.2, 0.25) is 10.0 Å². The number of imidazole rings is 1. The Labute approximate surface area is 177 Å². The van der Waals surface area contributed by atoms with Crippen molar-refractivity contribution < 1.29 is 4.79 Å². The molecule has 1 aromatic carbocycles. The van der Waals surface area contributed by atoms with Crippen LogP contribution in [0.15, 0.2) is 24.8 Å². The lowest BCUT2D eigenvalue weighted by atomic mass is 9.49. The van der Waals surface area contributed by atoms with Gasteiger partial charge >= 0.3 is 0 Å². The summed E-state index contributed by atoms with van der Waals surface area (Å²) in [6.07, 6.45) is 9.92. The van der Waals surface area contributed by atoms with Crippen LogP contribution in [0.1, 0.15) is 80.8 Å². The molecule has 4 rings (SSSR count). The summed E-state index contributed by atoms with van der Waals surface area (Å²) in [5.74, 6) is 0.698. The predicted octanol–water partition coefficient (Wildman–Crippen LogP) is 6.66. The summed E-state index contributed by atoms with van der Waals surface area (Å²) in [6, 6.07) is 2.15. The van der Waals surface area contributed by atoms with Gasteiger partial charge in [-0.2, -0.15) is 0 Å². The minimum atomic E-state index is -0.416. The molecular formula is C23H28Cl2N2O. The van der Waals surface area contributed by atoms with Gasteiger partial charge in [0.15, 0.2) is 0 Å². The fourth-order valence-electron chi connectivity index (χ4n) is 6.01. The highest BCUT2D eigenvalue weighted by molar-refractivity contribution is 6.36. The average Bonchev–Trinajstić information content (AvgIpc) is 3.15. The Balaban J connectivity index is 1.83. The third kappa shape index (κ3) is 2.77. The fraction of sp³-hybridized carbons (Fsp3) is 0.565. The Morgan fingerprint density at radius 1 is 1.29 bits per heavy atom. The molecule has 1 heterocycles. The van der Waals surface area contributed by atoms with E-state index >= 15 is 0 Å². The summed E-state index contributed by atoms with van der Waals surface area (Å²) >= 11 is 13.6. The number of hydrogen-bond donors (Lipinski definition) is 0. The van der Waals surface area contributed by atoms with Crippen LogP contribution in [0.25, 0.3) is 0 Å². The lowest BCUT2D eigenvalue weighted by molar-refractivity contribution is 0.0166. The van der Waals surface area contributed by atoms with Gasteiger partial charge in [-0.1, -0.05) is 57.3 Å². The van der Waals surface area contributed by atoms with E-state index in [1.807, 2.05) is 0 Å². The van der Waals surface area contributed by atoms with Gasteiger partial charge in [-0.15, -0.1) is 0 Å². The van der Waals surface area contributed by atoms with Crippen molar-refractivity contribution in [3.8, 4) is 0 Å². The second-order valence-corrected chi connectivity index (χ2v) is 10.1. The first-order valence-corrected chi connectivity index (χ1v) is 11.0. The summed E-state index contributed by atoms with van der Waals surface area (Å²) in [5, 5.41) is 1.60. The van der Waals surface area contributed by atoms with Crippen molar-refractivity contribution in [2.24, 2.45) is 11.3 Å². The second kappa shape index (κ2) is 6.88. The molecule has 3 nitrogen and oxygen atoms in total. The van der Waals surface area contributed by atoms with Gasteiger partial charge < -0.3 is 0 Å². The SMILES string of the molecule is CC(C)c1c(Cl)cc2c(c1Cl)CCC1C(C)(C(=O)n3ccnc3)CCCC21C. The van der Waals surface area contributed by atoms with E-state index in [1.165, 1.54) is 11.1 Å². The molecule has 0 aliphatic heterocycles. The highest BCUT2D eigenvalue weighted by Gasteiger charge is 2.55. The van der Waals surface area contributed by atoms with E-state index in [0.29, 0.717) is 0 Å². The van der Waals surface area contributed by atoms with E-state index in [4.69, 9.17) is 23.2 Å². The molecular weight excluding hydrogens is 391 g/mol. The van der Waals surface area contributed by atoms with E-state index < -0.39 is 5.41 Å². The summed E-state index contributed by atoms with van der Waals surface area (Å²) < 4.78 is 1.66. The van der Waals surface area contributed by atoms with Gasteiger partial charge in [0.05, 0.1) is 5.41 Å². The Morgan fingerprint density at radius 2 is 2.04 bits per heavy atom. The van der Waals surface area contributed by atoms with Gasteiger partial charge in [0.2, 0.25) is 5.91 Å². The molecule has 3 unspecified atom stereocenters. The third-order valence-electron chi connectivity index (χ3n) is 7.39. The third-order valence-corrected chi connectivity index (χ3v) is 8.13. The van der Waals surface area contributed by atoms with Crippen LogP contribution in [0, 0.1) is 11.3 Å². The van der Waals surface area contributed by atoms with Crippen molar-refractivity contribution in [2.75, 3.05) is 0 Å². The molecule has 2 aliphatic rings. The molecule has 0 saturated heterocycles. The van der Waals surface area contributed by atoms with E-state index in [-0.39, 0.29) is 23.2 Å². The summed E-state index contributed by atoms with van der Waals surface area (Å²) in [5.41, 5.74) is 3.04. The first-order chi connectivity index (χ1) is 13.2. The van der Waals surface area contributed by atoms with Gasteiger partial charge in [-0.3, -0.25) is 9.36 Å². The van der Waals surface area contributed by atoms with E-state index in [9.17, 15) is 4.79 Å². The van der Waals surface area contributed by atoms with Gasteiger partial charge in [0.1, 0.15) is 6.33 Å². The normalized spacial score (nSPS) is 29.5. The molecule has 150 valence electrons. The minimum absolute atomic E-state index is 0.0976. The molecule has 2 aromatic rings. The number of benzene rings is 1. The maximum atomic E-state index is 13.4. The number of carbonyl (C=O) groups excluding carboxylic acids is 1. The average molecular weight is 419 g/mol. The molecule has 0 spiro atoms. The van der Waals surface area contributed by atoms with Crippen LogP contribution in [0.5, 0.6) is 0 Å². The van der Waals surface area contributed by atoms with Crippen LogP contribution >= 0.6 is 23.2 Å². The van der Waals surface area contributed by atoms with Crippen molar-refractivity contribution in [1.29, 1.82) is 0 Å². The molecule has 0 amide bonds. The first-order valence-electron chi connectivity index (χ1n) is 10.2. The molecule has 1 saturated carbocycles. The number of hydrogen-bond acceptors (Lipinski definition) is 2. The molecule has 5 heteroatoms. The fourth-order valence-corrected chi connectivity index (χ4v) is 7.00. The zero-order valence-corrected chi connectivity index (χ0v) is 18.6. The molecule has 0 radical (unpaired) electrons. The predicted molar refractivity (Wildman–Crippen MR) is 115 cm³/mol. The van der Waals surface area contributed by atoms with Gasteiger partial charge in [-0.25, -0.2) is 4.98 Å². The van der Waals surface area contributed by atoms with Crippen molar-refractivity contribution >= 4 is 29.1 Å². The molecule has 28 heavy (non-hydrogen) atoms. The number of carbonyl (C=O) groups is 1. The van der Waals surface area contributed by atoms with E-state index in [0.717, 1.165) is 47.7 Å². The van der Waals surface area contributed by atoms with Crippen LogP contribution in [0.4, 0.5) is 0 Å². The minimum Gasteiger partial charge on any atom is -0.276 e. The monoisotopic (exact) mass is 418 g/mol. The van der Waals surface area contributed by atoms with Crippen molar-refractivity contribution in [2.45, 2.75) is 71.1 Å².